The van der Waals surface area contributed by atoms with Gasteiger partial charge in [0.15, 0.2) is 23.4 Å². The maximum absolute atomic E-state index is 12.4. The van der Waals surface area contributed by atoms with Crippen molar-refractivity contribution in [2.45, 2.75) is 59.5 Å². The molecule has 0 spiro atoms. The molecule has 0 aliphatic heterocycles. The number of carbonyl (C=O) groups is 1. The second kappa shape index (κ2) is 9.41. The van der Waals surface area contributed by atoms with Gasteiger partial charge in [0.25, 0.3) is 5.89 Å². The van der Waals surface area contributed by atoms with Crippen LogP contribution in [0.1, 0.15) is 64.9 Å². The summed E-state index contributed by atoms with van der Waals surface area (Å²) < 4.78 is 22.7. The molecule has 0 radical (unpaired) electrons. The summed E-state index contributed by atoms with van der Waals surface area (Å²) in [6.07, 6.45) is -0.568. The second-order valence-electron chi connectivity index (χ2n) is 7.27. The van der Waals surface area contributed by atoms with Gasteiger partial charge in [-0.05, 0) is 38.5 Å². The molecule has 2 aromatic rings. The Morgan fingerprint density at radius 3 is 2.32 bits per heavy atom. The smallest absolute Gasteiger partial charge is 0.311 e. The third-order valence-electron chi connectivity index (χ3n) is 3.82. The standard InChI is InChI=1S/C20H27BrN2O5/c1-7-25-15-9-13(14(21)11-16(15)26-8-2)10-17(24)27-12(3)18-22-19(23-28-18)20(4,5)6/h9,11-12H,7-8,10H2,1-6H3. The molecule has 0 saturated carbocycles. The molecule has 0 amide bonds. The fraction of sp³-hybridized carbons (Fsp3) is 0.550. The first-order valence-corrected chi connectivity index (χ1v) is 10.1. The molecule has 0 N–H and O–H groups in total. The summed E-state index contributed by atoms with van der Waals surface area (Å²) in [5.41, 5.74) is 0.499. The van der Waals surface area contributed by atoms with Crippen LogP contribution in [-0.2, 0) is 21.4 Å². The molecule has 1 heterocycles. The van der Waals surface area contributed by atoms with E-state index in [1.165, 1.54) is 0 Å². The summed E-state index contributed by atoms with van der Waals surface area (Å²) in [6.45, 7) is 12.5. The van der Waals surface area contributed by atoms with E-state index in [1.54, 1.807) is 19.1 Å². The molecule has 1 unspecified atom stereocenters. The number of hydrogen-bond acceptors (Lipinski definition) is 7. The number of rotatable bonds is 8. The van der Waals surface area contributed by atoms with E-state index in [2.05, 4.69) is 26.1 Å². The van der Waals surface area contributed by atoms with E-state index in [-0.39, 0.29) is 17.7 Å². The largest absolute Gasteiger partial charge is 0.490 e. The lowest BCUT2D eigenvalue weighted by molar-refractivity contribution is -0.148. The Kier molecular flexibility index (Phi) is 7.46. The van der Waals surface area contributed by atoms with Gasteiger partial charge in [-0.3, -0.25) is 4.79 Å². The zero-order valence-corrected chi connectivity index (χ0v) is 18.8. The van der Waals surface area contributed by atoms with Gasteiger partial charge < -0.3 is 18.7 Å². The quantitative estimate of drug-likeness (QED) is 0.530. The van der Waals surface area contributed by atoms with Crippen LogP contribution >= 0.6 is 15.9 Å². The molecule has 28 heavy (non-hydrogen) atoms. The maximum Gasteiger partial charge on any atom is 0.311 e. The minimum Gasteiger partial charge on any atom is -0.490 e. The van der Waals surface area contributed by atoms with Crippen LogP contribution in [0, 0.1) is 0 Å². The van der Waals surface area contributed by atoms with Crippen LogP contribution in [0.3, 0.4) is 0 Å². The van der Waals surface area contributed by atoms with Crippen molar-refractivity contribution in [3.8, 4) is 11.5 Å². The Labute approximate surface area is 173 Å². The molecule has 2 rings (SSSR count). The molecule has 1 atom stereocenters. The van der Waals surface area contributed by atoms with Crippen molar-refractivity contribution in [1.29, 1.82) is 0 Å². The molecule has 0 aliphatic carbocycles. The van der Waals surface area contributed by atoms with Crippen LogP contribution in [0.25, 0.3) is 0 Å². The van der Waals surface area contributed by atoms with E-state index in [9.17, 15) is 4.79 Å². The molecular weight excluding hydrogens is 428 g/mol. The number of ether oxygens (including phenoxy) is 3. The normalized spacial score (nSPS) is 12.5. The van der Waals surface area contributed by atoms with Gasteiger partial charge in [-0.15, -0.1) is 0 Å². The van der Waals surface area contributed by atoms with Crippen molar-refractivity contribution < 1.29 is 23.5 Å². The Bertz CT molecular complexity index is 813. The molecular formula is C20H27BrN2O5. The average molecular weight is 455 g/mol. The minimum atomic E-state index is -0.635. The number of halogens is 1. The van der Waals surface area contributed by atoms with E-state index in [1.807, 2.05) is 34.6 Å². The lowest BCUT2D eigenvalue weighted by Crippen LogP contribution is -2.15. The molecule has 0 bridgehead atoms. The predicted molar refractivity (Wildman–Crippen MR) is 108 cm³/mol. The molecule has 0 aliphatic rings. The second-order valence-corrected chi connectivity index (χ2v) is 8.13. The summed E-state index contributed by atoms with van der Waals surface area (Å²) in [6, 6.07) is 3.59. The Morgan fingerprint density at radius 2 is 1.79 bits per heavy atom. The number of nitrogens with zero attached hydrogens (tertiary/aromatic N) is 2. The van der Waals surface area contributed by atoms with Gasteiger partial charge >= 0.3 is 5.97 Å². The number of carbonyl (C=O) groups excluding carboxylic acids is 1. The molecule has 0 saturated heterocycles. The summed E-state index contributed by atoms with van der Waals surface area (Å²) in [5, 5.41) is 3.96. The van der Waals surface area contributed by atoms with E-state index in [0.29, 0.717) is 30.5 Å². The zero-order chi connectivity index (χ0) is 20.9. The van der Waals surface area contributed by atoms with E-state index >= 15 is 0 Å². The lowest BCUT2D eigenvalue weighted by atomic mass is 9.96. The fourth-order valence-corrected chi connectivity index (χ4v) is 2.86. The Morgan fingerprint density at radius 1 is 1.18 bits per heavy atom. The van der Waals surface area contributed by atoms with Gasteiger partial charge in [0, 0.05) is 9.89 Å². The lowest BCUT2D eigenvalue weighted by Gasteiger charge is -2.15. The van der Waals surface area contributed by atoms with Crippen molar-refractivity contribution in [3.63, 3.8) is 0 Å². The summed E-state index contributed by atoms with van der Waals surface area (Å²) in [7, 11) is 0. The molecule has 1 aromatic heterocycles. The van der Waals surface area contributed by atoms with Crippen molar-refractivity contribution in [1.82, 2.24) is 10.1 Å². The molecule has 1 aromatic carbocycles. The highest BCUT2D eigenvalue weighted by molar-refractivity contribution is 9.10. The fourth-order valence-electron chi connectivity index (χ4n) is 2.40. The van der Waals surface area contributed by atoms with Gasteiger partial charge in [-0.2, -0.15) is 4.98 Å². The first-order valence-electron chi connectivity index (χ1n) is 9.27. The summed E-state index contributed by atoms with van der Waals surface area (Å²) in [4.78, 5) is 16.8. The van der Waals surface area contributed by atoms with E-state index in [4.69, 9.17) is 18.7 Å². The first kappa shape index (κ1) is 22.2. The van der Waals surface area contributed by atoms with E-state index in [0.717, 1.165) is 10.0 Å². The molecule has 7 nitrogen and oxygen atoms in total. The van der Waals surface area contributed by atoms with Crippen LogP contribution in [0.15, 0.2) is 21.1 Å². The summed E-state index contributed by atoms with van der Waals surface area (Å²) >= 11 is 3.48. The number of benzene rings is 1. The van der Waals surface area contributed by atoms with Crippen molar-refractivity contribution in [3.05, 3.63) is 33.9 Å². The summed E-state index contributed by atoms with van der Waals surface area (Å²) in [5.74, 6) is 1.66. The van der Waals surface area contributed by atoms with Gasteiger partial charge in [0.05, 0.1) is 19.6 Å². The maximum atomic E-state index is 12.4. The van der Waals surface area contributed by atoms with Crippen LogP contribution in [0.2, 0.25) is 0 Å². The van der Waals surface area contributed by atoms with E-state index < -0.39 is 12.1 Å². The van der Waals surface area contributed by atoms with Gasteiger partial charge in [-0.1, -0.05) is 41.9 Å². The van der Waals surface area contributed by atoms with Gasteiger partial charge in [-0.25, -0.2) is 0 Å². The van der Waals surface area contributed by atoms with Crippen LogP contribution in [0.5, 0.6) is 11.5 Å². The highest BCUT2D eigenvalue weighted by atomic mass is 79.9. The van der Waals surface area contributed by atoms with Crippen molar-refractivity contribution >= 4 is 21.9 Å². The third-order valence-corrected chi connectivity index (χ3v) is 4.55. The molecule has 0 fully saturated rings. The zero-order valence-electron chi connectivity index (χ0n) is 17.2. The minimum absolute atomic E-state index is 0.0671. The Balaban J connectivity index is 2.09. The average Bonchev–Trinajstić information content (AvgIpc) is 3.09. The van der Waals surface area contributed by atoms with Gasteiger partial charge in [0.1, 0.15) is 0 Å². The molecule has 154 valence electrons. The van der Waals surface area contributed by atoms with Gasteiger partial charge in [0.2, 0.25) is 0 Å². The third kappa shape index (κ3) is 5.70. The SMILES string of the molecule is CCOc1cc(Br)c(CC(=O)OC(C)c2nc(C(C)(C)C)no2)cc1OCC. The van der Waals surface area contributed by atoms with Crippen LogP contribution in [0.4, 0.5) is 0 Å². The predicted octanol–water partition coefficient (Wildman–Crippen LogP) is 4.77. The van der Waals surface area contributed by atoms with Crippen molar-refractivity contribution in [2.24, 2.45) is 0 Å². The molecule has 8 heteroatoms. The number of esters is 1. The Hall–Kier alpha value is -2.09. The number of aromatic nitrogens is 2. The highest BCUT2D eigenvalue weighted by Gasteiger charge is 2.25. The van der Waals surface area contributed by atoms with Crippen LogP contribution < -0.4 is 9.47 Å². The number of hydrogen-bond donors (Lipinski definition) is 0. The first-order chi connectivity index (χ1) is 13.2. The highest BCUT2D eigenvalue weighted by Crippen LogP contribution is 2.34. The monoisotopic (exact) mass is 454 g/mol. The van der Waals surface area contributed by atoms with Crippen molar-refractivity contribution in [2.75, 3.05) is 13.2 Å². The topological polar surface area (TPSA) is 83.7 Å². The van der Waals surface area contributed by atoms with Crippen LogP contribution in [-0.4, -0.2) is 29.3 Å².